The minimum absolute atomic E-state index is 0.129. The van der Waals surface area contributed by atoms with Gasteiger partial charge in [-0.25, -0.2) is 0 Å². The molecule has 0 unspecified atom stereocenters. The van der Waals surface area contributed by atoms with Crippen LogP contribution in [0.15, 0.2) is 48.5 Å². The molecule has 0 bridgehead atoms. The van der Waals surface area contributed by atoms with Gasteiger partial charge >= 0.3 is 0 Å². The van der Waals surface area contributed by atoms with Gasteiger partial charge in [0.15, 0.2) is 0 Å². The SMILES string of the molecule is COc1cccc(N(CCC(=O)NCc2ccccc2OC)C(C)=O)c1. The van der Waals surface area contributed by atoms with Crippen LogP contribution in [-0.4, -0.2) is 32.6 Å². The highest BCUT2D eigenvalue weighted by Crippen LogP contribution is 2.21. The Balaban J connectivity index is 1.94. The molecule has 26 heavy (non-hydrogen) atoms. The zero-order valence-corrected chi connectivity index (χ0v) is 15.3. The van der Waals surface area contributed by atoms with Gasteiger partial charge in [0.05, 0.1) is 14.2 Å². The van der Waals surface area contributed by atoms with Gasteiger partial charge in [0.1, 0.15) is 11.5 Å². The standard InChI is InChI=1S/C20H24N2O4/c1-15(23)22(17-8-6-9-18(13-17)25-2)12-11-20(24)21-14-16-7-4-5-10-19(16)26-3/h4-10,13H,11-12,14H2,1-3H3,(H,21,24). The van der Waals surface area contributed by atoms with E-state index in [1.807, 2.05) is 42.5 Å². The maximum Gasteiger partial charge on any atom is 0.223 e. The fourth-order valence-corrected chi connectivity index (χ4v) is 2.59. The van der Waals surface area contributed by atoms with E-state index < -0.39 is 0 Å². The molecule has 6 nitrogen and oxygen atoms in total. The van der Waals surface area contributed by atoms with Gasteiger partial charge in [0.2, 0.25) is 11.8 Å². The van der Waals surface area contributed by atoms with Gasteiger partial charge in [-0.3, -0.25) is 9.59 Å². The lowest BCUT2D eigenvalue weighted by Crippen LogP contribution is -2.33. The van der Waals surface area contributed by atoms with Crippen LogP contribution in [0.25, 0.3) is 0 Å². The van der Waals surface area contributed by atoms with Crippen molar-refractivity contribution in [1.29, 1.82) is 0 Å². The van der Waals surface area contributed by atoms with E-state index in [9.17, 15) is 9.59 Å². The molecule has 0 saturated carbocycles. The van der Waals surface area contributed by atoms with Gasteiger partial charge < -0.3 is 19.7 Å². The van der Waals surface area contributed by atoms with Crippen LogP contribution in [0.3, 0.4) is 0 Å². The summed E-state index contributed by atoms with van der Waals surface area (Å²) in [6.07, 6.45) is 0.200. The Morgan fingerprint density at radius 2 is 1.81 bits per heavy atom. The normalized spacial score (nSPS) is 10.1. The topological polar surface area (TPSA) is 67.9 Å². The Morgan fingerprint density at radius 1 is 1.04 bits per heavy atom. The summed E-state index contributed by atoms with van der Waals surface area (Å²) in [5.41, 5.74) is 1.61. The number of carbonyl (C=O) groups excluding carboxylic acids is 2. The number of rotatable bonds is 8. The average Bonchev–Trinajstić information content (AvgIpc) is 2.66. The molecule has 0 aliphatic rings. The highest BCUT2D eigenvalue weighted by molar-refractivity contribution is 5.92. The molecule has 2 amide bonds. The number of benzene rings is 2. The summed E-state index contributed by atoms with van der Waals surface area (Å²) in [7, 11) is 3.17. The highest BCUT2D eigenvalue weighted by Gasteiger charge is 2.14. The zero-order valence-electron chi connectivity index (χ0n) is 15.3. The molecule has 6 heteroatoms. The average molecular weight is 356 g/mol. The van der Waals surface area contributed by atoms with Gasteiger partial charge in [0.25, 0.3) is 0 Å². The fourth-order valence-electron chi connectivity index (χ4n) is 2.59. The number of ether oxygens (including phenoxy) is 2. The summed E-state index contributed by atoms with van der Waals surface area (Å²) in [4.78, 5) is 25.7. The van der Waals surface area contributed by atoms with Crippen molar-refractivity contribution in [3.8, 4) is 11.5 Å². The van der Waals surface area contributed by atoms with Gasteiger partial charge in [0, 0.05) is 43.8 Å². The number of hydrogen-bond donors (Lipinski definition) is 1. The summed E-state index contributed by atoms with van der Waals surface area (Å²) in [6.45, 7) is 2.15. The van der Waals surface area contributed by atoms with Crippen molar-refractivity contribution in [2.24, 2.45) is 0 Å². The Hall–Kier alpha value is -3.02. The van der Waals surface area contributed by atoms with E-state index in [0.29, 0.717) is 24.5 Å². The van der Waals surface area contributed by atoms with Crippen molar-refractivity contribution in [3.05, 3.63) is 54.1 Å². The van der Waals surface area contributed by atoms with Crippen LogP contribution in [-0.2, 0) is 16.1 Å². The largest absolute Gasteiger partial charge is 0.497 e. The molecular weight excluding hydrogens is 332 g/mol. The number of carbonyl (C=O) groups is 2. The number of nitrogens with one attached hydrogen (secondary N) is 1. The number of nitrogens with zero attached hydrogens (tertiary/aromatic N) is 1. The summed E-state index contributed by atoms with van der Waals surface area (Å²) < 4.78 is 10.5. The molecule has 2 aromatic carbocycles. The maximum atomic E-state index is 12.2. The molecule has 0 saturated heterocycles. The predicted molar refractivity (Wildman–Crippen MR) is 100 cm³/mol. The Labute approximate surface area is 153 Å². The van der Waals surface area contributed by atoms with Crippen molar-refractivity contribution >= 4 is 17.5 Å². The third kappa shape index (κ3) is 5.24. The first-order chi connectivity index (χ1) is 12.5. The summed E-state index contributed by atoms with van der Waals surface area (Å²) >= 11 is 0. The third-order valence-corrected chi connectivity index (χ3v) is 3.98. The maximum absolute atomic E-state index is 12.2. The molecule has 0 aromatic heterocycles. The van der Waals surface area contributed by atoms with Crippen LogP contribution in [0.5, 0.6) is 11.5 Å². The molecule has 2 rings (SSSR count). The van der Waals surface area contributed by atoms with Crippen molar-refractivity contribution in [1.82, 2.24) is 5.32 Å². The van der Waals surface area contributed by atoms with E-state index in [4.69, 9.17) is 9.47 Å². The van der Waals surface area contributed by atoms with Crippen LogP contribution >= 0.6 is 0 Å². The Kier molecular flexibility index (Phi) is 7.02. The first-order valence-electron chi connectivity index (χ1n) is 8.36. The van der Waals surface area contributed by atoms with E-state index >= 15 is 0 Å². The molecule has 0 aliphatic carbocycles. The lowest BCUT2D eigenvalue weighted by molar-refractivity contribution is -0.121. The smallest absolute Gasteiger partial charge is 0.223 e. The van der Waals surface area contributed by atoms with Crippen LogP contribution in [0.2, 0.25) is 0 Å². The van der Waals surface area contributed by atoms with Crippen molar-refractivity contribution in [2.75, 3.05) is 25.7 Å². The Morgan fingerprint density at radius 3 is 2.50 bits per heavy atom. The van der Waals surface area contributed by atoms with Crippen LogP contribution in [0.1, 0.15) is 18.9 Å². The lowest BCUT2D eigenvalue weighted by atomic mass is 10.2. The first-order valence-corrected chi connectivity index (χ1v) is 8.36. The lowest BCUT2D eigenvalue weighted by Gasteiger charge is -2.21. The molecule has 2 aromatic rings. The molecule has 1 N–H and O–H groups in total. The quantitative estimate of drug-likeness (QED) is 0.790. The molecule has 0 heterocycles. The number of amides is 2. The van der Waals surface area contributed by atoms with E-state index in [2.05, 4.69) is 5.32 Å². The fraction of sp³-hybridized carbons (Fsp3) is 0.300. The molecule has 0 radical (unpaired) electrons. The summed E-state index contributed by atoms with van der Waals surface area (Å²) in [5, 5.41) is 2.86. The Bertz CT molecular complexity index is 761. The second-order valence-electron chi connectivity index (χ2n) is 5.71. The number of methoxy groups -OCH3 is 2. The third-order valence-electron chi connectivity index (χ3n) is 3.98. The van der Waals surface area contributed by atoms with E-state index in [1.54, 1.807) is 25.2 Å². The van der Waals surface area contributed by atoms with Gasteiger partial charge in [-0.05, 0) is 18.2 Å². The summed E-state index contributed by atoms with van der Waals surface area (Å²) in [6, 6.07) is 14.7. The van der Waals surface area contributed by atoms with Gasteiger partial charge in [-0.2, -0.15) is 0 Å². The predicted octanol–water partition coefficient (Wildman–Crippen LogP) is 2.76. The van der Waals surface area contributed by atoms with Crippen molar-refractivity contribution in [2.45, 2.75) is 19.9 Å². The van der Waals surface area contributed by atoms with E-state index in [1.165, 1.54) is 6.92 Å². The van der Waals surface area contributed by atoms with Crippen molar-refractivity contribution in [3.63, 3.8) is 0 Å². The molecule has 0 aliphatic heterocycles. The zero-order chi connectivity index (χ0) is 18.9. The first kappa shape index (κ1) is 19.3. The minimum atomic E-state index is -0.134. The molecule has 138 valence electrons. The number of para-hydroxylation sites is 1. The monoisotopic (exact) mass is 356 g/mol. The summed E-state index contributed by atoms with van der Waals surface area (Å²) in [5.74, 6) is 1.13. The minimum Gasteiger partial charge on any atom is -0.497 e. The van der Waals surface area contributed by atoms with Crippen LogP contribution in [0, 0.1) is 0 Å². The van der Waals surface area contributed by atoms with Crippen molar-refractivity contribution < 1.29 is 19.1 Å². The van der Waals surface area contributed by atoms with E-state index in [-0.39, 0.29) is 18.2 Å². The number of hydrogen-bond acceptors (Lipinski definition) is 4. The second kappa shape index (κ2) is 9.46. The number of anilines is 1. The highest BCUT2D eigenvalue weighted by atomic mass is 16.5. The van der Waals surface area contributed by atoms with E-state index in [0.717, 1.165) is 11.3 Å². The second-order valence-corrected chi connectivity index (χ2v) is 5.71. The molecule has 0 fully saturated rings. The van der Waals surface area contributed by atoms with Gasteiger partial charge in [-0.1, -0.05) is 24.3 Å². The molecule has 0 atom stereocenters. The molecular formula is C20H24N2O4. The van der Waals surface area contributed by atoms with Crippen LogP contribution in [0.4, 0.5) is 5.69 Å². The molecule has 0 spiro atoms. The van der Waals surface area contributed by atoms with Crippen LogP contribution < -0.4 is 19.7 Å². The van der Waals surface area contributed by atoms with Gasteiger partial charge in [-0.15, -0.1) is 0 Å².